The maximum Gasteiger partial charge on any atom is 0.416 e. The number of halogens is 7. The van der Waals surface area contributed by atoms with Gasteiger partial charge in [0, 0.05) is 19.1 Å². The Morgan fingerprint density at radius 3 is 2.07 bits per heavy atom. The molecule has 1 saturated carbocycles. The number of likely N-dealkylation sites (tertiary alicyclic amines) is 1. The van der Waals surface area contributed by atoms with E-state index in [0.717, 1.165) is 38.6 Å². The predicted octanol–water partition coefficient (Wildman–Crippen LogP) is 6.25. The molecule has 2 aliphatic rings. The Balaban J connectivity index is 1.46. The van der Waals surface area contributed by atoms with E-state index in [1.807, 2.05) is 0 Å². The number of amides is 2. The van der Waals surface area contributed by atoms with Gasteiger partial charge in [-0.2, -0.15) is 26.3 Å². The highest BCUT2D eigenvalue weighted by atomic mass is 19.4. The van der Waals surface area contributed by atoms with E-state index in [-0.39, 0.29) is 36.0 Å². The van der Waals surface area contributed by atoms with Crippen molar-refractivity contribution in [2.45, 2.75) is 63.0 Å². The molecule has 2 N–H and O–H groups in total. The maximum absolute atomic E-state index is 13.5. The smallest absolute Gasteiger partial charge is 0.416 e. The van der Waals surface area contributed by atoms with Gasteiger partial charge in [0.15, 0.2) is 0 Å². The van der Waals surface area contributed by atoms with Crippen LogP contribution in [-0.4, -0.2) is 49.7 Å². The number of piperidine rings is 1. The summed E-state index contributed by atoms with van der Waals surface area (Å²) in [6.07, 6.45) is -7.82. The highest BCUT2D eigenvalue weighted by molar-refractivity contribution is 5.84. The van der Waals surface area contributed by atoms with E-state index in [4.69, 9.17) is 0 Å². The minimum atomic E-state index is -5.01. The van der Waals surface area contributed by atoms with Crippen LogP contribution in [0.3, 0.4) is 0 Å². The molecular weight excluding hydrogens is 571 g/mol. The van der Waals surface area contributed by atoms with Gasteiger partial charge < -0.3 is 20.3 Å². The molecule has 2 aromatic carbocycles. The van der Waals surface area contributed by atoms with Crippen LogP contribution in [-0.2, 0) is 28.4 Å². The molecule has 1 heterocycles. The Morgan fingerprint density at radius 1 is 0.929 bits per heavy atom. The van der Waals surface area contributed by atoms with Gasteiger partial charge in [-0.25, -0.2) is 9.18 Å². The lowest BCUT2D eigenvalue weighted by molar-refractivity contribution is -0.143. The lowest BCUT2D eigenvalue weighted by Crippen LogP contribution is -2.48. The first-order valence-corrected chi connectivity index (χ1v) is 13.6. The van der Waals surface area contributed by atoms with Crippen LogP contribution < -0.4 is 10.6 Å². The summed E-state index contributed by atoms with van der Waals surface area (Å²) in [4.78, 5) is 27.6. The number of nitrogens with zero attached hydrogens (tertiary/aromatic N) is 1. The number of nitrogens with one attached hydrogen (secondary N) is 2. The minimum absolute atomic E-state index is 0.0187. The first-order chi connectivity index (χ1) is 19.7. The lowest BCUT2D eigenvalue weighted by Gasteiger charge is -2.37. The van der Waals surface area contributed by atoms with Crippen molar-refractivity contribution in [3.8, 4) is 0 Å². The monoisotopic (exact) mass is 603 g/mol. The summed E-state index contributed by atoms with van der Waals surface area (Å²) in [5.41, 5.74) is -3.36. The first kappa shape index (κ1) is 31.6. The largest absolute Gasteiger partial charge is 0.453 e. The standard InChI is InChI=1S/C29H32F7N3O3/c1-42-26(41)38-17-27(25(40)37-16-18-12-21(28(31,32)33)14-22(13-18)29(34,35)36)9-6-24(15-27)39-10-7-20(8-11-39)19-2-4-23(30)5-3-19/h2-5,12-14,20,24H,6-11,15-17H2,1H3,(H,37,40)(H,38,41). The summed E-state index contributed by atoms with van der Waals surface area (Å²) in [5, 5.41) is 5.06. The SMILES string of the molecule is COC(=O)NCC1(C(=O)NCc2cc(C(F)(F)F)cc(C(F)(F)F)c2)CCC(N2CCC(c3ccc(F)cc3)CC2)C1. The zero-order valence-electron chi connectivity index (χ0n) is 22.9. The molecule has 2 amide bonds. The van der Waals surface area contributed by atoms with Gasteiger partial charge in [-0.05, 0) is 92.6 Å². The van der Waals surface area contributed by atoms with E-state index in [0.29, 0.717) is 31.4 Å². The minimum Gasteiger partial charge on any atom is -0.453 e. The normalized spacial score (nSPS) is 22.1. The van der Waals surface area contributed by atoms with Gasteiger partial charge in [0.05, 0.1) is 23.7 Å². The van der Waals surface area contributed by atoms with E-state index in [1.165, 1.54) is 12.1 Å². The van der Waals surface area contributed by atoms with Crippen LogP contribution in [0.25, 0.3) is 0 Å². The summed E-state index contributed by atoms with van der Waals surface area (Å²) in [6, 6.07) is 7.60. The van der Waals surface area contributed by atoms with E-state index < -0.39 is 47.4 Å². The molecule has 1 saturated heterocycles. The van der Waals surface area contributed by atoms with Gasteiger partial charge >= 0.3 is 18.4 Å². The third kappa shape index (κ3) is 7.53. The Kier molecular flexibility index (Phi) is 9.39. The summed E-state index contributed by atoms with van der Waals surface area (Å²) in [7, 11) is 1.16. The Hall–Kier alpha value is -3.35. The zero-order chi connectivity index (χ0) is 30.7. The number of benzene rings is 2. The summed E-state index contributed by atoms with van der Waals surface area (Å²) in [6.45, 7) is 0.808. The van der Waals surface area contributed by atoms with E-state index >= 15 is 0 Å². The third-order valence-corrected chi connectivity index (χ3v) is 8.31. The van der Waals surface area contributed by atoms with E-state index in [1.54, 1.807) is 12.1 Å². The predicted molar refractivity (Wildman–Crippen MR) is 139 cm³/mol. The second kappa shape index (κ2) is 12.5. The molecule has 1 aliphatic carbocycles. The van der Waals surface area contributed by atoms with Crippen LogP contribution >= 0.6 is 0 Å². The quantitative estimate of drug-likeness (QED) is 0.367. The van der Waals surface area contributed by atoms with E-state index in [2.05, 4.69) is 20.3 Å². The van der Waals surface area contributed by atoms with Gasteiger partial charge in [-0.1, -0.05) is 12.1 Å². The summed E-state index contributed by atoms with van der Waals surface area (Å²) < 4.78 is 97.6. The van der Waals surface area contributed by atoms with Crippen molar-refractivity contribution in [3.05, 3.63) is 70.5 Å². The van der Waals surface area contributed by atoms with Crippen molar-refractivity contribution in [3.63, 3.8) is 0 Å². The molecule has 0 radical (unpaired) electrons. The second-order valence-electron chi connectivity index (χ2n) is 11.0. The number of alkyl halides is 6. The lowest BCUT2D eigenvalue weighted by atomic mass is 9.84. The molecule has 6 nitrogen and oxygen atoms in total. The highest BCUT2D eigenvalue weighted by Crippen LogP contribution is 2.42. The average molecular weight is 604 g/mol. The Labute approximate surface area is 238 Å². The summed E-state index contributed by atoms with van der Waals surface area (Å²) >= 11 is 0. The van der Waals surface area contributed by atoms with Crippen molar-refractivity contribution in [2.24, 2.45) is 5.41 Å². The van der Waals surface area contributed by atoms with Gasteiger partial charge in [-0.15, -0.1) is 0 Å². The molecule has 1 aliphatic heterocycles. The number of carbonyl (C=O) groups excluding carboxylic acids is 2. The van der Waals surface area contributed by atoms with Gasteiger partial charge in [0.2, 0.25) is 5.91 Å². The fourth-order valence-corrected chi connectivity index (χ4v) is 5.99. The number of ether oxygens (including phenoxy) is 1. The first-order valence-electron chi connectivity index (χ1n) is 13.6. The third-order valence-electron chi connectivity index (χ3n) is 8.31. The van der Waals surface area contributed by atoms with Crippen molar-refractivity contribution < 1.29 is 45.1 Å². The van der Waals surface area contributed by atoms with Crippen molar-refractivity contribution >= 4 is 12.0 Å². The van der Waals surface area contributed by atoms with Crippen LogP contribution in [0, 0.1) is 11.2 Å². The van der Waals surface area contributed by atoms with Crippen LogP contribution in [0.5, 0.6) is 0 Å². The number of carbonyl (C=O) groups is 2. The topological polar surface area (TPSA) is 70.7 Å². The molecule has 4 rings (SSSR count). The molecule has 2 unspecified atom stereocenters. The number of hydrogen-bond acceptors (Lipinski definition) is 4. The molecule has 2 atom stereocenters. The van der Waals surface area contributed by atoms with Crippen molar-refractivity contribution in [2.75, 3.05) is 26.7 Å². The summed E-state index contributed by atoms with van der Waals surface area (Å²) in [5.74, 6) is -0.605. The zero-order valence-corrected chi connectivity index (χ0v) is 22.9. The van der Waals surface area contributed by atoms with Crippen molar-refractivity contribution in [1.82, 2.24) is 15.5 Å². The molecule has 0 aromatic heterocycles. The molecule has 230 valence electrons. The molecule has 0 spiro atoms. The van der Waals surface area contributed by atoms with Gasteiger partial charge in [0.25, 0.3) is 0 Å². The molecule has 0 bridgehead atoms. The van der Waals surface area contributed by atoms with Crippen molar-refractivity contribution in [1.29, 1.82) is 0 Å². The van der Waals surface area contributed by atoms with Crippen LogP contribution in [0.2, 0.25) is 0 Å². The second-order valence-corrected chi connectivity index (χ2v) is 11.0. The Morgan fingerprint density at radius 2 is 1.52 bits per heavy atom. The number of alkyl carbamates (subject to hydrolysis) is 1. The molecule has 42 heavy (non-hydrogen) atoms. The highest BCUT2D eigenvalue weighted by Gasteiger charge is 2.47. The molecule has 13 heteroatoms. The molecule has 2 fully saturated rings. The maximum atomic E-state index is 13.5. The van der Waals surface area contributed by atoms with Gasteiger partial charge in [-0.3, -0.25) is 4.79 Å². The van der Waals surface area contributed by atoms with Crippen LogP contribution in [0.15, 0.2) is 42.5 Å². The Bertz CT molecular complexity index is 1230. The fourth-order valence-electron chi connectivity index (χ4n) is 5.99. The molecule has 2 aromatic rings. The molecular formula is C29H32F7N3O3. The number of hydrogen-bond donors (Lipinski definition) is 2. The number of methoxy groups -OCH3 is 1. The fraction of sp³-hybridized carbons (Fsp3) is 0.517. The average Bonchev–Trinajstić information content (AvgIpc) is 3.40. The van der Waals surface area contributed by atoms with Crippen LogP contribution in [0.1, 0.15) is 60.3 Å². The van der Waals surface area contributed by atoms with E-state index in [9.17, 15) is 40.3 Å². The van der Waals surface area contributed by atoms with Crippen LogP contribution in [0.4, 0.5) is 35.5 Å². The van der Waals surface area contributed by atoms with Gasteiger partial charge in [0.1, 0.15) is 5.82 Å². The number of rotatable bonds is 7.